The number of hydrogen-bond donors (Lipinski definition) is 2. The smallest absolute Gasteiger partial charge is 0.413 e. The van der Waals surface area contributed by atoms with Crippen LogP contribution in [0.2, 0.25) is 0 Å². The number of amides is 2. The van der Waals surface area contributed by atoms with Crippen molar-refractivity contribution in [2.45, 2.75) is 79.3 Å². The van der Waals surface area contributed by atoms with E-state index in [4.69, 9.17) is 14.2 Å². The number of carbonyl (C=O) groups is 2. The highest BCUT2D eigenvalue weighted by Crippen LogP contribution is 2.37. The van der Waals surface area contributed by atoms with E-state index in [-0.39, 0.29) is 0 Å². The van der Waals surface area contributed by atoms with E-state index in [1.807, 2.05) is 80.6 Å². The van der Waals surface area contributed by atoms with Crippen LogP contribution in [0.3, 0.4) is 0 Å². The van der Waals surface area contributed by atoms with Crippen LogP contribution in [0, 0.1) is 6.92 Å². The number of nitrogens with one attached hydrogen (secondary N) is 2. The lowest BCUT2D eigenvalue weighted by Crippen LogP contribution is -2.26. The summed E-state index contributed by atoms with van der Waals surface area (Å²) in [5.74, 6) is 1.30. The molecule has 0 aliphatic carbocycles. The summed E-state index contributed by atoms with van der Waals surface area (Å²) in [5, 5.41) is 7.49. The first-order valence-corrected chi connectivity index (χ1v) is 17.7. The minimum Gasteiger partial charge on any atom is -0.490 e. The van der Waals surface area contributed by atoms with Gasteiger partial charge in [0.1, 0.15) is 5.75 Å². The molecular formula is C43H48N2O5. The number of carbonyl (C=O) groups excluding carboxylic acids is 2. The van der Waals surface area contributed by atoms with Crippen LogP contribution in [0.25, 0.3) is 21.9 Å². The molecule has 0 heterocycles. The van der Waals surface area contributed by atoms with Gasteiger partial charge >= 0.3 is 12.2 Å². The molecule has 0 aromatic heterocycles. The topological polar surface area (TPSA) is 85.9 Å². The van der Waals surface area contributed by atoms with Gasteiger partial charge in [-0.1, -0.05) is 106 Å². The van der Waals surface area contributed by atoms with Crippen LogP contribution in [-0.4, -0.2) is 18.8 Å². The molecule has 0 spiro atoms. The van der Waals surface area contributed by atoms with Crippen LogP contribution in [0.5, 0.6) is 17.2 Å². The first-order valence-electron chi connectivity index (χ1n) is 17.7. The van der Waals surface area contributed by atoms with E-state index in [0.29, 0.717) is 36.9 Å². The van der Waals surface area contributed by atoms with Crippen LogP contribution in [0.15, 0.2) is 97.1 Å². The van der Waals surface area contributed by atoms with Gasteiger partial charge in [0.15, 0.2) is 11.5 Å². The lowest BCUT2D eigenvalue weighted by atomic mass is 9.99. The Hall–Kier alpha value is -5.30. The number of unbranched alkanes of at least 4 members (excludes halogenated alkanes) is 2. The fraction of sp³-hybridized carbons (Fsp3) is 0.302. The van der Waals surface area contributed by atoms with E-state index in [1.54, 1.807) is 6.07 Å². The van der Waals surface area contributed by atoms with Gasteiger partial charge in [0.05, 0.1) is 6.61 Å². The third kappa shape index (κ3) is 9.88. The molecule has 7 nitrogen and oxygen atoms in total. The monoisotopic (exact) mass is 672 g/mol. The molecule has 2 amide bonds. The van der Waals surface area contributed by atoms with Gasteiger partial charge in [0.2, 0.25) is 0 Å². The number of hydrogen-bond acceptors (Lipinski definition) is 5. The molecule has 0 fully saturated rings. The molecule has 0 radical (unpaired) electrons. The van der Waals surface area contributed by atoms with Crippen molar-refractivity contribution in [2.75, 3.05) is 6.61 Å². The molecule has 2 N–H and O–H groups in total. The summed E-state index contributed by atoms with van der Waals surface area (Å²) in [5.41, 5.74) is 7.23. The van der Waals surface area contributed by atoms with Crippen molar-refractivity contribution in [3.05, 3.63) is 125 Å². The molecule has 5 rings (SSSR count). The minimum absolute atomic E-state index is 0.330. The van der Waals surface area contributed by atoms with Gasteiger partial charge in [0, 0.05) is 18.5 Å². The van der Waals surface area contributed by atoms with Gasteiger partial charge in [-0.15, -0.1) is 0 Å². The zero-order valence-corrected chi connectivity index (χ0v) is 29.6. The Labute approximate surface area is 296 Å². The van der Waals surface area contributed by atoms with E-state index in [0.717, 1.165) is 77.1 Å². The fourth-order valence-corrected chi connectivity index (χ4v) is 5.78. The third-order valence-corrected chi connectivity index (χ3v) is 8.70. The van der Waals surface area contributed by atoms with Crippen molar-refractivity contribution >= 4 is 23.0 Å². The third-order valence-electron chi connectivity index (χ3n) is 8.70. The normalized spacial score (nSPS) is 10.9. The summed E-state index contributed by atoms with van der Waals surface area (Å²) in [6.45, 7) is 9.32. The Morgan fingerprint density at radius 3 is 1.68 bits per heavy atom. The van der Waals surface area contributed by atoms with Crippen molar-refractivity contribution in [3.8, 4) is 28.4 Å². The Kier molecular flexibility index (Phi) is 12.9. The maximum atomic E-state index is 13.0. The van der Waals surface area contributed by atoms with Crippen molar-refractivity contribution < 1.29 is 23.8 Å². The molecule has 50 heavy (non-hydrogen) atoms. The quantitative estimate of drug-likeness (QED) is 0.116. The zero-order chi connectivity index (χ0) is 35.3. The summed E-state index contributed by atoms with van der Waals surface area (Å²) < 4.78 is 17.5. The van der Waals surface area contributed by atoms with Crippen molar-refractivity contribution in [1.82, 2.24) is 10.6 Å². The standard InChI is InChI=1S/C43H48N2O5/c1-5-8-10-31-13-17-33(18-14-31)28-44-42(46)49-39-25-24-37(27-40(39)48-7-3)36-23-22-35-21-12-30(4)41(38(35)26-36)50-43(47)45-29-34-19-15-32(16-20-34)11-9-6-2/h12-27H,5-11,28-29H2,1-4H3,(H,44,46)(H,45,47). The molecule has 0 saturated heterocycles. The molecular weight excluding hydrogens is 624 g/mol. The number of fused-ring (bicyclic) bond motifs is 1. The van der Waals surface area contributed by atoms with E-state index < -0.39 is 12.2 Å². The molecule has 5 aromatic carbocycles. The van der Waals surface area contributed by atoms with E-state index >= 15 is 0 Å². The van der Waals surface area contributed by atoms with Crippen molar-refractivity contribution in [2.24, 2.45) is 0 Å². The van der Waals surface area contributed by atoms with Gasteiger partial charge in [-0.25, -0.2) is 9.59 Å². The van der Waals surface area contributed by atoms with Crippen LogP contribution < -0.4 is 24.8 Å². The number of ether oxygens (including phenoxy) is 3. The second-order valence-corrected chi connectivity index (χ2v) is 12.6. The first-order chi connectivity index (χ1) is 24.4. The molecule has 5 aromatic rings. The number of rotatable bonds is 15. The average Bonchev–Trinajstić information content (AvgIpc) is 3.14. The second kappa shape index (κ2) is 17.9. The molecule has 7 heteroatoms. The average molecular weight is 673 g/mol. The zero-order valence-electron chi connectivity index (χ0n) is 29.6. The molecule has 0 unspecified atom stereocenters. The number of benzene rings is 5. The first kappa shape index (κ1) is 36.0. The van der Waals surface area contributed by atoms with Gasteiger partial charge < -0.3 is 24.8 Å². The van der Waals surface area contributed by atoms with Gasteiger partial charge in [0.25, 0.3) is 0 Å². The summed E-state index contributed by atoms with van der Waals surface area (Å²) in [6, 6.07) is 32.1. The maximum Gasteiger partial charge on any atom is 0.413 e. The summed E-state index contributed by atoms with van der Waals surface area (Å²) in [6.07, 6.45) is 5.70. The van der Waals surface area contributed by atoms with Crippen molar-refractivity contribution in [3.63, 3.8) is 0 Å². The van der Waals surface area contributed by atoms with Gasteiger partial charge in [-0.05, 0) is 102 Å². The molecule has 0 atom stereocenters. The number of aryl methyl sites for hydroxylation is 3. The highest BCUT2D eigenvalue weighted by Gasteiger charge is 2.15. The predicted molar refractivity (Wildman–Crippen MR) is 201 cm³/mol. The largest absolute Gasteiger partial charge is 0.490 e. The van der Waals surface area contributed by atoms with Crippen LogP contribution >= 0.6 is 0 Å². The lowest BCUT2D eigenvalue weighted by Gasteiger charge is -2.15. The Balaban J connectivity index is 1.26. The van der Waals surface area contributed by atoms with Gasteiger partial charge in [-0.3, -0.25) is 0 Å². The highest BCUT2D eigenvalue weighted by atomic mass is 16.6. The van der Waals surface area contributed by atoms with Crippen LogP contribution in [0.4, 0.5) is 9.59 Å². The minimum atomic E-state index is -0.556. The maximum absolute atomic E-state index is 13.0. The Bertz CT molecular complexity index is 1880. The van der Waals surface area contributed by atoms with E-state index in [1.165, 1.54) is 11.1 Å². The molecule has 0 aliphatic heterocycles. The Morgan fingerprint density at radius 2 is 1.10 bits per heavy atom. The highest BCUT2D eigenvalue weighted by molar-refractivity contribution is 5.94. The van der Waals surface area contributed by atoms with Crippen molar-refractivity contribution in [1.29, 1.82) is 0 Å². The summed E-state index contributed by atoms with van der Waals surface area (Å²) >= 11 is 0. The fourth-order valence-electron chi connectivity index (χ4n) is 5.78. The molecule has 0 aliphatic rings. The lowest BCUT2D eigenvalue weighted by molar-refractivity contribution is 0.196. The summed E-state index contributed by atoms with van der Waals surface area (Å²) in [7, 11) is 0. The molecule has 0 bridgehead atoms. The van der Waals surface area contributed by atoms with E-state index in [9.17, 15) is 9.59 Å². The Morgan fingerprint density at radius 1 is 0.580 bits per heavy atom. The summed E-state index contributed by atoms with van der Waals surface area (Å²) in [4.78, 5) is 25.7. The van der Waals surface area contributed by atoms with Crippen LogP contribution in [-0.2, 0) is 25.9 Å². The van der Waals surface area contributed by atoms with E-state index in [2.05, 4.69) is 48.7 Å². The second-order valence-electron chi connectivity index (χ2n) is 12.6. The van der Waals surface area contributed by atoms with Crippen LogP contribution in [0.1, 0.15) is 74.3 Å². The molecule has 0 saturated carbocycles. The SMILES string of the molecule is CCCCc1ccc(CNC(=O)Oc2ccc(-c3ccc4ccc(C)c(OC(=O)NCc5ccc(CCCC)cc5)c4c3)cc2OCC)cc1. The predicted octanol–water partition coefficient (Wildman–Crippen LogP) is 10.5. The van der Waals surface area contributed by atoms with Gasteiger partial charge in [-0.2, -0.15) is 0 Å². The molecule has 260 valence electrons.